The number of carbonyl (C=O) groups is 1. The van der Waals surface area contributed by atoms with Crippen molar-refractivity contribution in [3.63, 3.8) is 0 Å². The number of hydrogen-bond acceptors (Lipinski definition) is 3. The first kappa shape index (κ1) is 19.1. The quantitative estimate of drug-likeness (QED) is 0.874. The minimum absolute atomic E-state index is 0.0658. The van der Waals surface area contributed by atoms with Gasteiger partial charge in [-0.25, -0.2) is 13.1 Å². The molecule has 2 N–H and O–H groups in total. The highest BCUT2D eigenvalue weighted by Crippen LogP contribution is 2.19. The molecule has 0 aliphatic rings. The van der Waals surface area contributed by atoms with E-state index >= 15 is 0 Å². The summed E-state index contributed by atoms with van der Waals surface area (Å²) >= 11 is 0. The van der Waals surface area contributed by atoms with Crippen molar-refractivity contribution in [3.8, 4) is 0 Å². The molecule has 2 aromatic carbocycles. The predicted molar refractivity (Wildman–Crippen MR) is 100 cm³/mol. The summed E-state index contributed by atoms with van der Waals surface area (Å²) in [7, 11) is -3.69. The van der Waals surface area contributed by atoms with Crippen LogP contribution in [0.5, 0.6) is 0 Å². The Labute approximate surface area is 149 Å². The van der Waals surface area contributed by atoms with Crippen LogP contribution in [-0.2, 0) is 10.0 Å². The van der Waals surface area contributed by atoms with Crippen LogP contribution in [0.4, 0.5) is 5.69 Å². The average Bonchev–Trinajstić information content (AvgIpc) is 2.49. The van der Waals surface area contributed by atoms with Gasteiger partial charge in [-0.1, -0.05) is 18.2 Å². The van der Waals surface area contributed by atoms with E-state index in [1.165, 1.54) is 12.1 Å². The van der Waals surface area contributed by atoms with Crippen molar-refractivity contribution in [1.29, 1.82) is 0 Å². The highest BCUT2D eigenvalue weighted by atomic mass is 32.2. The zero-order valence-corrected chi connectivity index (χ0v) is 16.0. The molecule has 0 aliphatic heterocycles. The van der Waals surface area contributed by atoms with Gasteiger partial charge < -0.3 is 5.32 Å². The van der Waals surface area contributed by atoms with E-state index in [9.17, 15) is 13.2 Å². The minimum Gasteiger partial charge on any atom is -0.322 e. The molecule has 0 saturated heterocycles. The van der Waals surface area contributed by atoms with Gasteiger partial charge in [0.1, 0.15) is 0 Å². The molecule has 25 heavy (non-hydrogen) atoms. The van der Waals surface area contributed by atoms with Crippen molar-refractivity contribution >= 4 is 21.6 Å². The van der Waals surface area contributed by atoms with Crippen molar-refractivity contribution in [3.05, 3.63) is 59.2 Å². The lowest BCUT2D eigenvalue weighted by molar-refractivity contribution is 0.102. The van der Waals surface area contributed by atoms with E-state index in [2.05, 4.69) is 10.0 Å². The molecular weight excluding hydrogens is 336 g/mol. The molecule has 0 aliphatic carbocycles. The maximum Gasteiger partial charge on any atom is 0.255 e. The fourth-order valence-electron chi connectivity index (χ4n) is 2.33. The number of hydrogen-bond donors (Lipinski definition) is 2. The lowest BCUT2D eigenvalue weighted by Gasteiger charge is -2.20. The Bertz CT molecular complexity index is 897. The third kappa shape index (κ3) is 5.14. The Morgan fingerprint density at radius 3 is 2.32 bits per heavy atom. The van der Waals surface area contributed by atoms with Crippen molar-refractivity contribution in [2.24, 2.45) is 0 Å². The van der Waals surface area contributed by atoms with Crippen LogP contribution in [0.3, 0.4) is 0 Å². The van der Waals surface area contributed by atoms with Gasteiger partial charge in [0.2, 0.25) is 10.0 Å². The smallest absolute Gasteiger partial charge is 0.255 e. The van der Waals surface area contributed by atoms with E-state index in [0.29, 0.717) is 5.69 Å². The monoisotopic (exact) mass is 360 g/mol. The number of sulfonamides is 1. The summed E-state index contributed by atoms with van der Waals surface area (Å²) in [5.74, 6) is -0.346. The van der Waals surface area contributed by atoms with Crippen LogP contribution in [-0.4, -0.2) is 19.9 Å². The molecule has 0 radical (unpaired) electrons. The van der Waals surface area contributed by atoms with Gasteiger partial charge in [-0.15, -0.1) is 0 Å². The Kier molecular flexibility index (Phi) is 5.34. The molecule has 2 rings (SSSR count). The molecule has 0 atom stereocenters. The first-order valence-corrected chi connectivity index (χ1v) is 9.49. The van der Waals surface area contributed by atoms with Crippen molar-refractivity contribution in [2.75, 3.05) is 5.32 Å². The topological polar surface area (TPSA) is 75.3 Å². The summed E-state index contributed by atoms with van der Waals surface area (Å²) in [6.45, 7) is 9.15. The second kappa shape index (κ2) is 6.98. The molecule has 0 heterocycles. The van der Waals surface area contributed by atoms with E-state index in [1.807, 2.05) is 32.0 Å². The summed E-state index contributed by atoms with van der Waals surface area (Å²) in [6.07, 6.45) is 0. The Balaban J connectivity index is 2.29. The van der Waals surface area contributed by atoms with Gasteiger partial charge in [-0.2, -0.15) is 0 Å². The molecule has 0 bridgehead atoms. The van der Waals surface area contributed by atoms with Crippen LogP contribution in [0.25, 0.3) is 0 Å². The first-order chi connectivity index (χ1) is 11.5. The molecule has 0 fully saturated rings. The van der Waals surface area contributed by atoms with Crippen LogP contribution in [0.1, 0.15) is 42.3 Å². The van der Waals surface area contributed by atoms with Gasteiger partial charge in [0.05, 0.1) is 4.90 Å². The zero-order valence-electron chi connectivity index (χ0n) is 15.2. The predicted octanol–water partition coefficient (Wildman–Crippen LogP) is 3.63. The Hall–Kier alpha value is -2.18. The highest BCUT2D eigenvalue weighted by molar-refractivity contribution is 7.89. The van der Waals surface area contributed by atoms with Crippen LogP contribution in [0.2, 0.25) is 0 Å². The molecule has 134 valence electrons. The van der Waals surface area contributed by atoms with Gasteiger partial charge in [-0.05, 0) is 70.0 Å². The van der Waals surface area contributed by atoms with Gasteiger partial charge in [0, 0.05) is 16.8 Å². The molecule has 5 nitrogen and oxygen atoms in total. The summed E-state index contributed by atoms with van der Waals surface area (Å²) in [6, 6.07) is 11.8. The maximum absolute atomic E-state index is 12.5. The number of rotatable bonds is 4. The van der Waals surface area contributed by atoms with Crippen molar-refractivity contribution in [1.82, 2.24) is 4.72 Å². The van der Waals surface area contributed by atoms with E-state index < -0.39 is 15.6 Å². The SMILES string of the molecule is Cc1ccc(C)c(NC(=O)c2cccc(S(=O)(=O)NC(C)(C)C)c2)c1. The third-order valence-electron chi connectivity index (χ3n) is 3.49. The maximum atomic E-state index is 12.5. The molecule has 0 spiro atoms. The summed E-state index contributed by atoms with van der Waals surface area (Å²) in [5.41, 5.74) is 2.38. The second-order valence-corrected chi connectivity index (χ2v) is 8.84. The molecule has 2 aromatic rings. The fraction of sp³-hybridized carbons (Fsp3) is 0.316. The van der Waals surface area contributed by atoms with Crippen LogP contribution in [0.15, 0.2) is 47.4 Å². The van der Waals surface area contributed by atoms with Crippen LogP contribution in [0, 0.1) is 13.8 Å². The number of carbonyl (C=O) groups excluding carboxylic acids is 1. The van der Waals surface area contributed by atoms with Gasteiger partial charge in [0.25, 0.3) is 5.91 Å². The zero-order chi connectivity index (χ0) is 18.8. The second-order valence-electron chi connectivity index (χ2n) is 7.16. The average molecular weight is 360 g/mol. The molecule has 0 unspecified atom stereocenters. The number of amides is 1. The largest absolute Gasteiger partial charge is 0.322 e. The van der Waals surface area contributed by atoms with E-state index in [-0.39, 0.29) is 16.4 Å². The summed E-state index contributed by atoms with van der Waals surface area (Å²) in [4.78, 5) is 12.6. The Morgan fingerprint density at radius 2 is 1.68 bits per heavy atom. The first-order valence-electron chi connectivity index (χ1n) is 8.01. The van der Waals surface area contributed by atoms with E-state index in [0.717, 1.165) is 11.1 Å². The standard InChI is InChI=1S/C19H24N2O3S/c1-13-9-10-14(2)17(11-13)20-18(22)15-7-6-8-16(12-15)25(23,24)21-19(3,4)5/h6-12,21H,1-5H3,(H,20,22). The lowest BCUT2D eigenvalue weighted by atomic mass is 10.1. The number of anilines is 1. The van der Waals surface area contributed by atoms with Crippen molar-refractivity contribution < 1.29 is 13.2 Å². The van der Waals surface area contributed by atoms with Crippen molar-refractivity contribution in [2.45, 2.75) is 45.1 Å². The van der Waals surface area contributed by atoms with Gasteiger partial charge in [-0.3, -0.25) is 4.79 Å². The van der Waals surface area contributed by atoms with Gasteiger partial charge >= 0.3 is 0 Å². The van der Waals surface area contributed by atoms with Crippen LogP contribution < -0.4 is 10.0 Å². The lowest BCUT2D eigenvalue weighted by Crippen LogP contribution is -2.40. The minimum atomic E-state index is -3.69. The summed E-state index contributed by atoms with van der Waals surface area (Å²) < 4.78 is 27.5. The summed E-state index contributed by atoms with van der Waals surface area (Å²) in [5, 5.41) is 2.84. The van der Waals surface area contributed by atoms with E-state index in [1.54, 1.807) is 32.9 Å². The van der Waals surface area contributed by atoms with Crippen LogP contribution >= 0.6 is 0 Å². The molecule has 0 saturated carbocycles. The molecular formula is C19H24N2O3S. The third-order valence-corrected chi connectivity index (χ3v) is 5.24. The number of benzene rings is 2. The number of aryl methyl sites for hydroxylation is 2. The normalized spacial score (nSPS) is 12.0. The number of nitrogens with one attached hydrogen (secondary N) is 2. The highest BCUT2D eigenvalue weighted by Gasteiger charge is 2.22. The van der Waals surface area contributed by atoms with Gasteiger partial charge in [0.15, 0.2) is 0 Å². The fourth-order valence-corrected chi connectivity index (χ4v) is 3.80. The Morgan fingerprint density at radius 1 is 1.00 bits per heavy atom. The molecule has 1 amide bonds. The molecule has 6 heteroatoms. The van der Waals surface area contributed by atoms with E-state index in [4.69, 9.17) is 0 Å². The molecule has 0 aromatic heterocycles.